The molecule has 0 unspecified atom stereocenters. The van der Waals surface area contributed by atoms with Gasteiger partial charge in [0.1, 0.15) is 5.75 Å². The van der Waals surface area contributed by atoms with Crippen LogP contribution in [0.5, 0.6) is 5.75 Å². The zero-order valence-corrected chi connectivity index (χ0v) is 11.7. The molecule has 0 fully saturated rings. The number of aromatic hydroxyl groups is 1. The highest BCUT2D eigenvalue weighted by atomic mass is 16.6. The summed E-state index contributed by atoms with van der Waals surface area (Å²) in [5.41, 5.74) is 3.55. The molecule has 2 N–H and O–H groups in total. The smallest absolute Gasteiger partial charge is 0.275 e. The zero-order valence-electron chi connectivity index (χ0n) is 11.7. The number of benzene rings is 2. The summed E-state index contributed by atoms with van der Waals surface area (Å²) in [6, 6.07) is 11.9. The van der Waals surface area contributed by atoms with E-state index >= 15 is 0 Å². The molecule has 7 nitrogen and oxygen atoms in total. The molecule has 0 spiro atoms. The van der Waals surface area contributed by atoms with Gasteiger partial charge in [-0.1, -0.05) is 12.1 Å². The number of rotatable bonds is 4. The Labute approximate surface area is 126 Å². The fraction of sp³-hybridized carbons (Fsp3) is 0.0667. The van der Waals surface area contributed by atoms with Crippen LogP contribution >= 0.6 is 0 Å². The Morgan fingerprint density at radius 3 is 2.41 bits per heavy atom. The highest BCUT2D eigenvalue weighted by Gasteiger charge is 2.10. The number of amides is 1. The maximum Gasteiger partial charge on any atom is 0.275 e. The van der Waals surface area contributed by atoms with Crippen LogP contribution in [0, 0.1) is 10.1 Å². The lowest BCUT2D eigenvalue weighted by molar-refractivity contribution is -0.384. The molecule has 0 heterocycles. The third-order valence-corrected chi connectivity index (χ3v) is 2.97. The van der Waals surface area contributed by atoms with Crippen LogP contribution in [0.3, 0.4) is 0 Å². The van der Waals surface area contributed by atoms with Crippen LogP contribution in [0.2, 0.25) is 0 Å². The molecule has 22 heavy (non-hydrogen) atoms. The van der Waals surface area contributed by atoms with Crippen LogP contribution in [0.15, 0.2) is 53.6 Å². The number of nitro groups is 1. The SMILES string of the molecule is CC(=NNC(=O)c1ccccc1O)c1ccc([N+](=O)[O-])cc1. The third-order valence-electron chi connectivity index (χ3n) is 2.97. The van der Waals surface area contributed by atoms with Gasteiger partial charge in [-0.2, -0.15) is 5.10 Å². The molecule has 0 saturated carbocycles. The van der Waals surface area contributed by atoms with Crippen LogP contribution in [-0.2, 0) is 0 Å². The number of hydrazone groups is 1. The maximum atomic E-state index is 11.9. The molecule has 2 rings (SSSR count). The second-order valence-electron chi connectivity index (χ2n) is 4.46. The quantitative estimate of drug-likeness (QED) is 0.514. The van der Waals surface area contributed by atoms with Gasteiger partial charge in [-0.25, -0.2) is 5.43 Å². The number of nitro benzene ring substituents is 1. The standard InChI is InChI=1S/C15H13N3O4/c1-10(11-6-8-12(9-7-11)18(21)22)16-17-15(20)13-4-2-3-5-14(13)19/h2-9,19H,1H3,(H,17,20). The molecular weight excluding hydrogens is 286 g/mol. The minimum absolute atomic E-state index is 0.0187. The molecule has 0 atom stereocenters. The summed E-state index contributed by atoms with van der Waals surface area (Å²) in [7, 11) is 0. The Hall–Kier alpha value is -3.22. The first-order chi connectivity index (χ1) is 10.5. The molecule has 2 aromatic carbocycles. The molecular formula is C15H13N3O4. The summed E-state index contributed by atoms with van der Waals surface area (Å²) in [5.74, 6) is -0.678. The fourth-order valence-electron chi connectivity index (χ4n) is 1.75. The van der Waals surface area contributed by atoms with Crippen LogP contribution in [-0.4, -0.2) is 21.6 Å². The first-order valence-corrected chi connectivity index (χ1v) is 6.36. The van der Waals surface area contributed by atoms with E-state index < -0.39 is 10.8 Å². The Morgan fingerprint density at radius 1 is 1.18 bits per heavy atom. The Bertz CT molecular complexity index is 739. The maximum absolute atomic E-state index is 11.9. The molecule has 0 aliphatic heterocycles. The average Bonchev–Trinajstić information content (AvgIpc) is 2.52. The Kier molecular flexibility index (Phi) is 4.47. The second kappa shape index (κ2) is 6.49. The van der Waals surface area contributed by atoms with Gasteiger partial charge in [0.05, 0.1) is 16.2 Å². The van der Waals surface area contributed by atoms with Crippen molar-refractivity contribution in [2.75, 3.05) is 0 Å². The van der Waals surface area contributed by atoms with Crippen LogP contribution in [0.25, 0.3) is 0 Å². The van der Waals surface area contributed by atoms with Crippen molar-refractivity contribution in [2.45, 2.75) is 6.92 Å². The molecule has 7 heteroatoms. The predicted molar refractivity (Wildman–Crippen MR) is 80.9 cm³/mol. The van der Waals surface area contributed by atoms with Crippen molar-refractivity contribution >= 4 is 17.3 Å². The van der Waals surface area contributed by atoms with E-state index in [0.717, 1.165) is 0 Å². The molecule has 0 aromatic heterocycles. The van der Waals surface area contributed by atoms with Crippen LogP contribution < -0.4 is 5.43 Å². The van der Waals surface area contributed by atoms with Gasteiger partial charge in [0.25, 0.3) is 11.6 Å². The van der Waals surface area contributed by atoms with E-state index in [9.17, 15) is 20.0 Å². The molecule has 112 valence electrons. The predicted octanol–water partition coefficient (Wildman–Crippen LogP) is 2.45. The van der Waals surface area contributed by atoms with Crippen LogP contribution in [0.4, 0.5) is 5.69 Å². The van der Waals surface area contributed by atoms with E-state index in [1.165, 1.54) is 24.3 Å². The van der Waals surface area contributed by atoms with E-state index in [4.69, 9.17) is 0 Å². The summed E-state index contributed by atoms with van der Waals surface area (Å²) in [5, 5.41) is 24.1. The van der Waals surface area contributed by atoms with Crippen molar-refractivity contribution in [1.29, 1.82) is 0 Å². The van der Waals surface area contributed by atoms with Gasteiger partial charge in [-0.05, 0) is 36.8 Å². The van der Waals surface area contributed by atoms with Crippen LogP contribution in [0.1, 0.15) is 22.8 Å². The van der Waals surface area contributed by atoms with Crippen molar-refractivity contribution in [3.8, 4) is 5.75 Å². The van der Waals surface area contributed by atoms with E-state index in [-0.39, 0.29) is 17.0 Å². The lowest BCUT2D eigenvalue weighted by Crippen LogP contribution is -2.19. The minimum atomic E-state index is -0.542. The average molecular weight is 299 g/mol. The summed E-state index contributed by atoms with van der Waals surface area (Å²) in [6.07, 6.45) is 0. The number of nitrogens with zero attached hydrogens (tertiary/aromatic N) is 2. The first kappa shape index (κ1) is 15.2. The number of para-hydroxylation sites is 1. The molecule has 1 amide bonds. The highest BCUT2D eigenvalue weighted by Crippen LogP contribution is 2.15. The van der Waals surface area contributed by atoms with E-state index in [0.29, 0.717) is 11.3 Å². The lowest BCUT2D eigenvalue weighted by Gasteiger charge is -2.04. The molecule has 0 radical (unpaired) electrons. The normalized spacial score (nSPS) is 11.0. The van der Waals surface area contributed by atoms with E-state index in [1.54, 1.807) is 31.2 Å². The van der Waals surface area contributed by atoms with Crippen molar-refractivity contribution in [3.05, 3.63) is 69.8 Å². The van der Waals surface area contributed by atoms with Crippen molar-refractivity contribution in [2.24, 2.45) is 5.10 Å². The topological polar surface area (TPSA) is 105 Å². The van der Waals surface area contributed by atoms with Gasteiger partial charge < -0.3 is 5.11 Å². The van der Waals surface area contributed by atoms with Gasteiger partial charge in [0, 0.05) is 12.1 Å². The van der Waals surface area contributed by atoms with Gasteiger partial charge in [-0.3, -0.25) is 14.9 Å². The summed E-state index contributed by atoms with van der Waals surface area (Å²) in [6.45, 7) is 1.66. The number of carbonyl (C=O) groups is 1. The summed E-state index contributed by atoms with van der Waals surface area (Å²) < 4.78 is 0. The fourth-order valence-corrected chi connectivity index (χ4v) is 1.75. The number of phenols is 1. The number of nitrogens with one attached hydrogen (secondary N) is 1. The molecule has 2 aromatic rings. The third kappa shape index (κ3) is 3.45. The summed E-state index contributed by atoms with van der Waals surface area (Å²) in [4.78, 5) is 22.0. The number of phenolic OH excluding ortho intramolecular Hbond substituents is 1. The number of hydrogen-bond donors (Lipinski definition) is 2. The molecule has 0 saturated heterocycles. The van der Waals surface area contributed by atoms with Gasteiger partial charge in [0.2, 0.25) is 0 Å². The monoisotopic (exact) mass is 299 g/mol. The van der Waals surface area contributed by atoms with E-state index in [1.807, 2.05) is 0 Å². The lowest BCUT2D eigenvalue weighted by atomic mass is 10.1. The van der Waals surface area contributed by atoms with Gasteiger partial charge >= 0.3 is 0 Å². The van der Waals surface area contributed by atoms with Gasteiger partial charge in [0.15, 0.2) is 0 Å². The van der Waals surface area contributed by atoms with Crippen molar-refractivity contribution in [1.82, 2.24) is 5.43 Å². The molecule has 0 bridgehead atoms. The van der Waals surface area contributed by atoms with Crippen molar-refractivity contribution in [3.63, 3.8) is 0 Å². The molecule has 0 aliphatic carbocycles. The Morgan fingerprint density at radius 2 is 1.82 bits per heavy atom. The number of hydrogen-bond acceptors (Lipinski definition) is 5. The first-order valence-electron chi connectivity index (χ1n) is 6.36. The minimum Gasteiger partial charge on any atom is -0.507 e. The Balaban J connectivity index is 2.11. The van der Waals surface area contributed by atoms with Crippen molar-refractivity contribution < 1.29 is 14.8 Å². The highest BCUT2D eigenvalue weighted by molar-refractivity contribution is 6.01. The second-order valence-corrected chi connectivity index (χ2v) is 4.46. The largest absolute Gasteiger partial charge is 0.507 e. The number of non-ortho nitro benzene ring substituents is 1. The van der Waals surface area contributed by atoms with Gasteiger partial charge in [-0.15, -0.1) is 0 Å². The molecule has 0 aliphatic rings. The zero-order chi connectivity index (χ0) is 16.1. The van der Waals surface area contributed by atoms with E-state index in [2.05, 4.69) is 10.5 Å². The summed E-state index contributed by atoms with van der Waals surface area (Å²) >= 11 is 0. The number of carbonyl (C=O) groups excluding carboxylic acids is 1.